The summed E-state index contributed by atoms with van der Waals surface area (Å²) in [6.45, 7) is 6.55. The number of carbonyl (C=O) groups excluding carboxylic acids is 1. The largest absolute Gasteiger partial charge is 0.356 e. The van der Waals surface area contributed by atoms with Gasteiger partial charge >= 0.3 is 0 Å². The van der Waals surface area contributed by atoms with E-state index >= 15 is 0 Å². The average molecular weight is 183 g/mol. The highest BCUT2D eigenvalue weighted by Gasteiger charge is 1.98. The van der Waals surface area contributed by atoms with E-state index in [4.69, 9.17) is 0 Å². The number of unbranched alkanes of at least 4 members (excludes halogenated alkanes) is 3. The highest BCUT2D eigenvalue weighted by Crippen LogP contribution is 1.98. The van der Waals surface area contributed by atoms with Crippen LogP contribution < -0.4 is 5.32 Å². The quantitative estimate of drug-likeness (QED) is 0.455. The van der Waals surface area contributed by atoms with Crippen LogP contribution in [0.5, 0.6) is 0 Å². The minimum absolute atomic E-state index is 0.192. The Morgan fingerprint density at radius 1 is 1.38 bits per heavy atom. The Morgan fingerprint density at radius 3 is 2.77 bits per heavy atom. The fourth-order valence-electron chi connectivity index (χ4n) is 1.10. The van der Waals surface area contributed by atoms with Crippen LogP contribution in [0, 0.1) is 0 Å². The number of rotatable bonds is 8. The second-order valence-corrected chi connectivity index (χ2v) is 3.24. The zero-order valence-electron chi connectivity index (χ0n) is 8.64. The maximum absolute atomic E-state index is 11.1. The Bertz CT molecular complexity index is 143. The van der Waals surface area contributed by atoms with Crippen molar-refractivity contribution in [3.8, 4) is 0 Å². The summed E-state index contributed by atoms with van der Waals surface area (Å²) in [6, 6.07) is 0. The summed E-state index contributed by atoms with van der Waals surface area (Å²) in [6.07, 6.45) is 7.89. The zero-order valence-corrected chi connectivity index (χ0v) is 8.64. The molecule has 0 bridgehead atoms. The van der Waals surface area contributed by atoms with Crippen molar-refractivity contribution in [3.05, 3.63) is 12.7 Å². The van der Waals surface area contributed by atoms with Gasteiger partial charge in [-0.3, -0.25) is 4.79 Å². The van der Waals surface area contributed by atoms with Crippen LogP contribution in [-0.2, 0) is 4.79 Å². The van der Waals surface area contributed by atoms with Crippen molar-refractivity contribution >= 4 is 5.91 Å². The summed E-state index contributed by atoms with van der Waals surface area (Å²) < 4.78 is 0. The molecule has 0 aliphatic carbocycles. The summed E-state index contributed by atoms with van der Waals surface area (Å²) in [5.41, 5.74) is 0. The van der Waals surface area contributed by atoms with Crippen molar-refractivity contribution in [1.29, 1.82) is 0 Å². The molecule has 0 heterocycles. The van der Waals surface area contributed by atoms with Gasteiger partial charge in [0, 0.05) is 13.0 Å². The lowest BCUT2D eigenvalue weighted by atomic mass is 10.2. The fourth-order valence-corrected chi connectivity index (χ4v) is 1.10. The first kappa shape index (κ1) is 12.2. The van der Waals surface area contributed by atoms with E-state index < -0.39 is 0 Å². The molecule has 0 fully saturated rings. The molecule has 0 radical (unpaired) electrons. The second kappa shape index (κ2) is 9.30. The van der Waals surface area contributed by atoms with E-state index in [-0.39, 0.29) is 5.91 Å². The summed E-state index contributed by atoms with van der Waals surface area (Å²) in [5, 5.41) is 2.89. The monoisotopic (exact) mass is 183 g/mol. The third-order valence-electron chi connectivity index (χ3n) is 1.91. The Morgan fingerprint density at radius 2 is 2.15 bits per heavy atom. The molecule has 0 aliphatic rings. The van der Waals surface area contributed by atoms with Crippen LogP contribution in [0.25, 0.3) is 0 Å². The van der Waals surface area contributed by atoms with E-state index in [0.717, 1.165) is 32.2 Å². The van der Waals surface area contributed by atoms with E-state index in [2.05, 4.69) is 18.8 Å². The molecule has 1 N–H and O–H groups in total. The van der Waals surface area contributed by atoms with Crippen molar-refractivity contribution in [1.82, 2.24) is 5.32 Å². The first-order valence-corrected chi connectivity index (χ1v) is 5.18. The van der Waals surface area contributed by atoms with Gasteiger partial charge in [-0.2, -0.15) is 0 Å². The average Bonchev–Trinajstić information content (AvgIpc) is 2.13. The molecule has 0 aromatic heterocycles. The van der Waals surface area contributed by atoms with E-state index in [1.165, 1.54) is 6.42 Å². The lowest BCUT2D eigenvalue weighted by Crippen LogP contribution is -2.23. The molecular formula is C11H21NO. The van der Waals surface area contributed by atoms with Crippen molar-refractivity contribution < 1.29 is 4.79 Å². The SMILES string of the molecule is C=CCCCNC(=O)CCCCC. The minimum atomic E-state index is 0.192. The number of nitrogens with one attached hydrogen (secondary N) is 1. The van der Waals surface area contributed by atoms with E-state index in [9.17, 15) is 4.79 Å². The van der Waals surface area contributed by atoms with Crippen molar-refractivity contribution in [2.75, 3.05) is 6.54 Å². The molecule has 0 saturated carbocycles. The topological polar surface area (TPSA) is 29.1 Å². The standard InChI is InChI=1S/C11H21NO/c1-3-5-7-9-11(13)12-10-8-6-4-2/h4H,2-3,5-10H2,1H3,(H,12,13). The summed E-state index contributed by atoms with van der Waals surface area (Å²) in [7, 11) is 0. The van der Waals surface area contributed by atoms with Crippen LogP contribution >= 0.6 is 0 Å². The third-order valence-corrected chi connectivity index (χ3v) is 1.91. The van der Waals surface area contributed by atoms with E-state index in [1.54, 1.807) is 0 Å². The maximum Gasteiger partial charge on any atom is 0.219 e. The highest BCUT2D eigenvalue weighted by molar-refractivity contribution is 5.75. The van der Waals surface area contributed by atoms with Gasteiger partial charge in [0.1, 0.15) is 0 Å². The maximum atomic E-state index is 11.1. The molecule has 0 saturated heterocycles. The van der Waals surface area contributed by atoms with E-state index in [1.807, 2.05) is 6.08 Å². The molecule has 2 nitrogen and oxygen atoms in total. The summed E-state index contributed by atoms with van der Waals surface area (Å²) >= 11 is 0. The lowest BCUT2D eigenvalue weighted by Gasteiger charge is -2.02. The van der Waals surface area contributed by atoms with Crippen molar-refractivity contribution in [3.63, 3.8) is 0 Å². The van der Waals surface area contributed by atoms with Gasteiger partial charge in [-0.15, -0.1) is 6.58 Å². The summed E-state index contributed by atoms with van der Waals surface area (Å²) in [4.78, 5) is 11.1. The molecule has 0 rings (SSSR count). The molecule has 13 heavy (non-hydrogen) atoms. The molecule has 76 valence electrons. The third kappa shape index (κ3) is 9.12. The van der Waals surface area contributed by atoms with Crippen molar-refractivity contribution in [2.45, 2.75) is 45.4 Å². The second-order valence-electron chi connectivity index (χ2n) is 3.24. The molecule has 0 spiro atoms. The highest BCUT2D eigenvalue weighted by atomic mass is 16.1. The molecule has 0 aromatic carbocycles. The Balaban J connectivity index is 3.15. The lowest BCUT2D eigenvalue weighted by molar-refractivity contribution is -0.121. The number of allylic oxidation sites excluding steroid dienone is 1. The van der Waals surface area contributed by atoms with Crippen LogP contribution in [0.15, 0.2) is 12.7 Å². The predicted octanol–water partition coefficient (Wildman–Crippen LogP) is 2.65. The van der Waals surface area contributed by atoms with Crippen LogP contribution in [0.1, 0.15) is 45.4 Å². The van der Waals surface area contributed by atoms with Gasteiger partial charge in [0.15, 0.2) is 0 Å². The number of amides is 1. The van der Waals surface area contributed by atoms with Crippen LogP contribution in [-0.4, -0.2) is 12.5 Å². The van der Waals surface area contributed by atoms with Gasteiger partial charge in [-0.1, -0.05) is 25.8 Å². The normalized spacial score (nSPS) is 9.62. The van der Waals surface area contributed by atoms with Crippen LogP contribution in [0.4, 0.5) is 0 Å². The van der Waals surface area contributed by atoms with Gasteiger partial charge in [-0.05, 0) is 19.3 Å². The minimum Gasteiger partial charge on any atom is -0.356 e. The zero-order chi connectivity index (χ0) is 9.94. The molecular weight excluding hydrogens is 162 g/mol. The number of hydrogen-bond donors (Lipinski definition) is 1. The predicted molar refractivity (Wildman–Crippen MR) is 56.6 cm³/mol. The Kier molecular flexibility index (Phi) is 8.73. The molecule has 0 aromatic rings. The van der Waals surface area contributed by atoms with Gasteiger partial charge in [0.25, 0.3) is 0 Å². The number of carbonyl (C=O) groups is 1. The van der Waals surface area contributed by atoms with Crippen molar-refractivity contribution in [2.24, 2.45) is 0 Å². The van der Waals surface area contributed by atoms with Gasteiger partial charge in [0.2, 0.25) is 5.91 Å². The number of hydrogen-bond acceptors (Lipinski definition) is 1. The van der Waals surface area contributed by atoms with Crippen LogP contribution in [0.3, 0.4) is 0 Å². The Hall–Kier alpha value is -0.790. The smallest absolute Gasteiger partial charge is 0.219 e. The van der Waals surface area contributed by atoms with Gasteiger partial charge in [-0.25, -0.2) is 0 Å². The fraction of sp³-hybridized carbons (Fsp3) is 0.727. The Labute approximate surface area is 81.4 Å². The van der Waals surface area contributed by atoms with Gasteiger partial charge < -0.3 is 5.32 Å². The first-order valence-electron chi connectivity index (χ1n) is 5.18. The first-order chi connectivity index (χ1) is 6.31. The van der Waals surface area contributed by atoms with Crippen LogP contribution in [0.2, 0.25) is 0 Å². The molecule has 1 amide bonds. The molecule has 0 unspecified atom stereocenters. The van der Waals surface area contributed by atoms with E-state index in [0.29, 0.717) is 6.42 Å². The van der Waals surface area contributed by atoms with Gasteiger partial charge in [0.05, 0.1) is 0 Å². The molecule has 0 atom stereocenters. The molecule has 2 heteroatoms. The molecule has 0 aliphatic heterocycles. The summed E-state index contributed by atoms with van der Waals surface area (Å²) in [5.74, 6) is 0.192.